The van der Waals surface area contributed by atoms with Crippen molar-refractivity contribution >= 4 is 27.3 Å². The highest BCUT2D eigenvalue weighted by Crippen LogP contribution is 2.25. The number of carbonyl (C=O) groups is 1. The number of thiophene rings is 1. The Morgan fingerprint density at radius 2 is 2.29 bits per heavy atom. The highest BCUT2D eigenvalue weighted by Gasteiger charge is 2.11. The Kier molecular flexibility index (Phi) is 3.96. The molecule has 108 valence electrons. The highest BCUT2D eigenvalue weighted by atomic mass is 32.1. The standard InChI is InChI=1S/C15H16N4OS/c1-11(8-19-10-16-9-17-19)18-15(20)7-13-6-12-4-2-3-5-14(12)21-13/h2-6,9-11H,7-8H2,1H3,(H,18,20). The second-order valence-corrected chi connectivity index (χ2v) is 6.18. The van der Waals surface area contributed by atoms with E-state index in [9.17, 15) is 4.79 Å². The summed E-state index contributed by atoms with van der Waals surface area (Å²) >= 11 is 1.67. The molecule has 0 aliphatic heterocycles. The number of nitrogens with one attached hydrogen (secondary N) is 1. The molecule has 5 nitrogen and oxygen atoms in total. The van der Waals surface area contributed by atoms with Crippen LogP contribution >= 0.6 is 11.3 Å². The molecular weight excluding hydrogens is 284 g/mol. The number of benzene rings is 1. The van der Waals surface area contributed by atoms with E-state index in [1.54, 1.807) is 22.3 Å². The third-order valence-corrected chi connectivity index (χ3v) is 4.26. The summed E-state index contributed by atoms with van der Waals surface area (Å²) < 4.78 is 2.93. The van der Waals surface area contributed by atoms with E-state index in [0.717, 1.165) is 4.88 Å². The van der Waals surface area contributed by atoms with E-state index in [1.807, 2.05) is 19.1 Å². The smallest absolute Gasteiger partial charge is 0.225 e. The van der Waals surface area contributed by atoms with Gasteiger partial charge in [-0.25, -0.2) is 4.98 Å². The monoisotopic (exact) mass is 300 g/mol. The van der Waals surface area contributed by atoms with Gasteiger partial charge in [-0.05, 0) is 24.4 Å². The maximum Gasteiger partial charge on any atom is 0.225 e. The minimum Gasteiger partial charge on any atom is -0.351 e. The number of fused-ring (bicyclic) bond motifs is 1. The number of rotatable bonds is 5. The second kappa shape index (κ2) is 6.05. The van der Waals surface area contributed by atoms with E-state index in [4.69, 9.17) is 0 Å². The number of carbonyl (C=O) groups excluding carboxylic acids is 1. The summed E-state index contributed by atoms with van der Waals surface area (Å²) in [5, 5.41) is 8.22. The molecule has 0 saturated carbocycles. The molecule has 1 N–H and O–H groups in total. The van der Waals surface area contributed by atoms with Gasteiger partial charge in [-0.3, -0.25) is 9.48 Å². The van der Waals surface area contributed by atoms with Crippen LogP contribution in [-0.4, -0.2) is 26.7 Å². The largest absolute Gasteiger partial charge is 0.351 e. The molecule has 1 unspecified atom stereocenters. The van der Waals surface area contributed by atoms with Gasteiger partial charge in [-0.2, -0.15) is 5.10 Å². The molecule has 3 aromatic rings. The Balaban J connectivity index is 1.58. The van der Waals surface area contributed by atoms with E-state index in [0.29, 0.717) is 13.0 Å². The number of aromatic nitrogens is 3. The zero-order valence-corrected chi connectivity index (χ0v) is 12.5. The third kappa shape index (κ3) is 3.46. The molecule has 0 fully saturated rings. The highest BCUT2D eigenvalue weighted by molar-refractivity contribution is 7.19. The molecule has 0 aliphatic rings. The van der Waals surface area contributed by atoms with E-state index in [-0.39, 0.29) is 11.9 Å². The molecular formula is C15H16N4OS. The van der Waals surface area contributed by atoms with Gasteiger partial charge >= 0.3 is 0 Å². The topological polar surface area (TPSA) is 59.8 Å². The van der Waals surface area contributed by atoms with Gasteiger partial charge in [-0.15, -0.1) is 11.3 Å². The summed E-state index contributed by atoms with van der Waals surface area (Å²) in [5.41, 5.74) is 0. The molecule has 0 aliphatic carbocycles. The molecule has 0 saturated heterocycles. The lowest BCUT2D eigenvalue weighted by atomic mass is 10.2. The second-order valence-electron chi connectivity index (χ2n) is 5.01. The SMILES string of the molecule is CC(Cn1cncn1)NC(=O)Cc1cc2ccccc2s1. The molecule has 3 rings (SSSR count). The third-order valence-electron chi connectivity index (χ3n) is 3.15. The number of nitrogens with zero attached hydrogens (tertiary/aromatic N) is 3. The first-order chi connectivity index (χ1) is 10.2. The van der Waals surface area contributed by atoms with Gasteiger partial charge in [-0.1, -0.05) is 18.2 Å². The van der Waals surface area contributed by atoms with Crippen LogP contribution in [-0.2, 0) is 17.8 Å². The summed E-state index contributed by atoms with van der Waals surface area (Å²) in [6.45, 7) is 2.59. The van der Waals surface area contributed by atoms with Crippen molar-refractivity contribution in [3.63, 3.8) is 0 Å². The van der Waals surface area contributed by atoms with Crippen LogP contribution in [0.15, 0.2) is 43.0 Å². The van der Waals surface area contributed by atoms with E-state index >= 15 is 0 Å². The summed E-state index contributed by atoms with van der Waals surface area (Å²) in [5.74, 6) is 0.0363. The van der Waals surface area contributed by atoms with Crippen LogP contribution < -0.4 is 5.32 Å². The van der Waals surface area contributed by atoms with Crippen molar-refractivity contribution in [2.24, 2.45) is 0 Å². The molecule has 1 amide bonds. The molecule has 2 aromatic heterocycles. The van der Waals surface area contributed by atoms with E-state index < -0.39 is 0 Å². The fourth-order valence-corrected chi connectivity index (χ4v) is 3.32. The zero-order valence-electron chi connectivity index (χ0n) is 11.7. The van der Waals surface area contributed by atoms with Crippen molar-refractivity contribution in [1.29, 1.82) is 0 Å². The Morgan fingerprint density at radius 3 is 3.05 bits per heavy atom. The van der Waals surface area contributed by atoms with Crippen molar-refractivity contribution < 1.29 is 4.79 Å². The van der Waals surface area contributed by atoms with Gasteiger partial charge in [0.05, 0.1) is 13.0 Å². The fourth-order valence-electron chi connectivity index (χ4n) is 2.26. The first-order valence-electron chi connectivity index (χ1n) is 6.80. The van der Waals surface area contributed by atoms with Crippen LogP contribution in [0.1, 0.15) is 11.8 Å². The van der Waals surface area contributed by atoms with Crippen molar-refractivity contribution in [2.45, 2.75) is 25.9 Å². The Hall–Kier alpha value is -2.21. The van der Waals surface area contributed by atoms with E-state index in [1.165, 1.54) is 16.4 Å². The van der Waals surface area contributed by atoms with Crippen molar-refractivity contribution in [3.05, 3.63) is 47.9 Å². The van der Waals surface area contributed by atoms with Crippen molar-refractivity contribution in [3.8, 4) is 0 Å². The molecule has 6 heteroatoms. The summed E-state index contributed by atoms with van der Waals surface area (Å²) in [6, 6.07) is 10.3. The molecule has 0 bridgehead atoms. The number of hydrogen-bond donors (Lipinski definition) is 1. The predicted molar refractivity (Wildman–Crippen MR) is 83.2 cm³/mol. The van der Waals surface area contributed by atoms with Gasteiger partial charge in [0.1, 0.15) is 12.7 Å². The van der Waals surface area contributed by atoms with Crippen LogP contribution in [0.4, 0.5) is 0 Å². The fraction of sp³-hybridized carbons (Fsp3) is 0.267. The average molecular weight is 300 g/mol. The normalized spacial score (nSPS) is 12.4. The van der Waals surface area contributed by atoms with Crippen molar-refractivity contribution in [2.75, 3.05) is 0 Å². The molecule has 21 heavy (non-hydrogen) atoms. The molecule has 2 heterocycles. The van der Waals surface area contributed by atoms with Crippen LogP contribution in [0.25, 0.3) is 10.1 Å². The lowest BCUT2D eigenvalue weighted by Crippen LogP contribution is -2.36. The lowest BCUT2D eigenvalue weighted by molar-refractivity contribution is -0.121. The number of hydrogen-bond acceptors (Lipinski definition) is 4. The maximum absolute atomic E-state index is 12.1. The van der Waals surface area contributed by atoms with Crippen LogP contribution in [0.2, 0.25) is 0 Å². The lowest BCUT2D eigenvalue weighted by Gasteiger charge is -2.13. The maximum atomic E-state index is 12.1. The quantitative estimate of drug-likeness (QED) is 0.786. The molecule has 1 atom stereocenters. The van der Waals surface area contributed by atoms with Gasteiger partial charge in [0.15, 0.2) is 0 Å². The predicted octanol–water partition coefficient (Wildman–Crippen LogP) is 2.24. The molecule has 0 spiro atoms. The van der Waals surface area contributed by atoms with Gasteiger partial charge in [0.2, 0.25) is 5.91 Å². The van der Waals surface area contributed by atoms with Crippen LogP contribution in [0.5, 0.6) is 0 Å². The van der Waals surface area contributed by atoms with Gasteiger partial charge < -0.3 is 5.32 Å². The Bertz CT molecular complexity index is 702. The molecule has 1 aromatic carbocycles. The Labute approximate surface area is 126 Å². The minimum absolute atomic E-state index is 0.0218. The van der Waals surface area contributed by atoms with Gasteiger partial charge in [0.25, 0.3) is 0 Å². The van der Waals surface area contributed by atoms with Gasteiger partial charge in [0, 0.05) is 15.6 Å². The summed E-state index contributed by atoms with van der Waals surface area (Å²) in [6.07, 6.45) is 3.56. The Morgan fingerprint density at radius 1 is 1.43 bits per heavy atom. The molecule has 0 radical (unpaired) electrons. The van der Waals surface area contributed by atoms with Crippen molar-refractivity contribution in [1.82, 2.24) is 20.1 Å². The average Bonchev–Trinajstić information content (AvgIpc) is 3.06. The minimum atomic E-state index is 0.0218. The zero-order chi connectivity index (χ0) is 14.7. The van der Waals surface area contributed by atoms with Crippen LogP contribution in [0, 0.1) is 0 Å². The summed E-state index contributed by atoms with van der Waals surface area (Å²) in [4.78, 5) is 17.1. The first-order valence-corrected chi connectivity index (χ1v) is 7.61. The number of amides is 1. The van der Waals surface area contributed by atoms with E-state index in [2.05, 4.69) is 33.6 Å². The van der Waals surface area contributed by atoms with Crippen LogP contribution in [0.3, 0.4) is 0 Å². The summed E-state index contributed by atoms with van der Waals surface area (Å²) in [7, 11) is 0. The first kappa shape index (κ1) is 13.8.